The van der Waals surface area contributed by atoms with E-state index in [0.717, 1.165) is 27.6 Å². The van der Waals surface area contributed by atoms with Crippen LogP contribution >= 0.6 is 0 Å². The summed E-state index contributed by atoms with van der Waals surface area (Å²) in [6.45, 7) is 0.529. The van der Waals surface area contributed by atoms with E-state index in [-0.39, 0.29) is 11.8 Å². The second kappa shape index (κ2) is 7.07. The highest BCUT2D eigenvalue weighted by Gasteiger charge is 2.15. The molecular formula is C21H20N4O2. The van der Waals surface area contributed by atoms with Gasteiger partial charge in [0.2, 0.25) is 11.8 Å². The fourth-order valence-electron chi connectivity index (χ4n) is 3.26. The molecule has 136 valence electrons. The van der Waals surface area contributed by atoms with Crippen LogP contribution < -0.4 is 5.32 Å². The number of H-pyrrole nitrogens is 1. The fourth-order valence-corrected chi connectivity index (χ4v) is 3.26. The van der Waals surface area contributed by atoms with E-state index in [1.807, 2.05) is 36.5 Å². The smallest absolute Gasteiger partial charge is 0.246 e. The van der Waals surface area contributed by atoms with Gasteiger partial charge in [0, 0.05) is 49.4 Å². The molecular weight excluding hydrogens is 340 g/mol. The number of aryl methyl sites for hydroxylation is 1. The third kappa shape index (κ3) is 3.60. The van der Waals surface area contributed by atoms with Crippen LogP contribution in [0.15, 0.2) is 48.8 Å². The van der Waals surface area contributed by atoms with Gasteiger partial charge in [-0.1, -0.05) is 18.2 Å². The number of aromatic nitrogens is 2. The molecule has 3 heterocycles. The number of pyridine rings is 1. The molecule has 0 saturated carbocycles. The molecule has 1 aliphatic heterocycles. The summed E-state index contributed by atoms with van der Waals surface area (Å²) in [6, 6.07) is 10.0. The number of likely N-dealkylation sites (N-methyl/N-ethyl adjacent to an activating group) is 1. The van der Waals surface area contributed by atoms with Gasteiger partial charge in [0.05, 0.1) is 0 Å². The Labute approximate surface area is 156 Å². The number of carbonyl (C=O) groups is 2. The molecule has 0 spiro atoms. The molecule has 4 rings (SSSR count). The number of rotatable bonds is 4. The lowest BCUT2D eigenvalue weighted by Crippen LogP contribution is -2.24. The van der Waals surface area contributed by atoms with Crippen LogP contribution in [0.1, 0.15) is 23.1 Å². The van der Waals surface area contributed by atoms with Gasteiger partial charge in [-0.15, -0.1) is 0 Å². The topological polar surface area (TPSA) is 78.1 Å². The second-order valence-electron chi connectivity index (χ2n) is 6.71. The number of para-hydroxylation sites is 1. The van der Waals surface area contributed by atoms with Crippen LogP contribution in [0.4, 0.5) is 5.82 Å². The molecule has 0 aliphatic carbocycles. The highest BCUT2D eigenvalue weighted by atomic mass is 16.2. The first-order chi connectivity index (χ1) is 13.1. The minimum absolute atomic E-state index is 0.00706. The van der Waals surface area contributed by atoms with Crippen molar-refractivity contribution in [3.05, 3.63) is 65.5 Å². The number of benzene rings is 1. The predicted octanol–water partition coefficient (Wildman–Crippen LogP) is 3.12. The Kier molecular flexibility index (Phi) is 4.46. The largest absolute Gasteiger partial charge is 0.361 e. The molecule has 6 nitrogen and oxygen atoms in total. The zero-order valence-electron chi connectivity index (χ0n) is 15.0. The van der Waals surface area contributed by atoms with E-state index in [2.05, 4.69) is 15.3 Å². The van der Waals surface area contributed by atoms with E-state index in [4.69, 9.17) is 0 Å². The number of carbonyl (C=O) groups excluding carboxylic acids is 2. The summed E-state index contributed by atoms with van der Waals surface area (Å²) in [5.74, 6) is 0.532. The van der Waals surface area contributed by atoms with Crippen molar-refractivity contribution in [1.82, 2.24) is 14.9 Å². The highest BCUT2D eigenvalue weighted by Crippen LogP contribution is 2.22. The average molecular weight is 360 g/mol. The van der Waals surface area contributed by atoms with Crippen LogP contribution in [0, 0.1) is 0 Å². The summed E-state index contributed by atoms with van der Waals surface area (Å²) in [4.78, 5) is 33.0. The van der Waals surface area contributed by atoms with Gasteiger partial charge in [-0.3, -0.25) is 9.59 Å². The molecule has 1 aromatic carbocycles. The number of fused-ring (bicyclic) bond motifs is 2. The van der Waals surface area contributed by atoms with Crippen LogP contribution in [0.3, 0.4) is 0 Å². The highest BCUT2D eigenvalue weighted by molar-refractivity contribution is 5.94. The maximum absolute atomic E-state index is 12.5. The monoisotopic (exact) mass is 360 g/mol. The number of hydrogen-bond acceptors (Lipinski definition) is 3. The Morgan fingerprint density at radius 3 is 3.04 bits per heavy atom. The first-order valence-electron chi connectivity index (χ1n) is 8.87. The Balaban J connectivity index is 1.44. The normalized spacial score (nSPS) is 13.6. The minimum Gasteiger partial charge on any atom is -0.361 e. The molecule has 0 radical (unpaired) electrons. The molecule has 0 atom stereocenters. The molecule has 3 aromatic rings. The minimum atomic E-state index is -0.0775. The molecule has 0 bridgehead atoms. The molecule has 0 fully saturated rings. The molecule has 1 aliphatic rings. The Bertz CT molecular complexity index is 1050. The van der Waals surface area contributed by atoms with E-state index in [9.17, 15) is 9.59 Å². The van der Waals surface area contributed by atoms with E-state index in [1.54, 1.807) is 30.3 Å². The Morgan fingerprint density at radius 1 is 1.30 bits per heavy atom. The lowest BCUT2D eigenvalue weighted by atomic mass is 10.0. The summed E-state index contributed by atoms with van der Waals surface area (Å²) in [6.07, 6.45) is 8.06. The van der Waals surface area contributed by atoms with Crippen molar-refractivity contribution in [2.75, 3.05) is 12.4 Å². The maximum Gasteiger partial charge on any atom is 0.246 e. The van der Waals surface area contributed by atoms with Crippen LogP contribution in [-0.4, -0.2) is 33.7 Å². The first-order valence-corrected chi connectivity index (χ1v) is 8.87. The summed E-state index contributed by atoms with van der Waals surface area (Å²) < 4.78 is 0. The van der Waals surface area contributed by atoms with Crippen molar-refractivity contribution in [2.24, 2.45) is 0 Å². The number of nitrogens with zero attached hydrogens (tertiary/aromatic N) is 2. The van der Waals surface area contributed by atoms with Gasteiger partial charge in [-0.2, -0.15) is 0 Å². The van der Waals surface area contributed by atoms with Crippen molar-refractivity contribution >= 4 is 34.6 Å². The summed E-state index contributed by atoms with van der Waals surface area (Å²) in [5, 5.41) is 3.88. The van der Waals surface area contributed by atoms with Gasteiger partial charge in [0.15, 0.2) is 0 Å². The molecule has 27 heavy (non-hydrogen) atoms. The summed E-state index contributed by atoms with van der Waals surface area (Å²) >= 11 is 0. The van der Waals surface area contributed by atoms with Gasteiger partial charge >= 0.3 is 0 Å². The first kappa shape index (κ1) is 17.0. The van der Waals surface area contributed by atoms with Gasteiger partial charge in [0.25, 0.3) is 0 Å². The molecule has 2 aromatic heterocycles. The van der Waals surface area contributed by atoms with Crippen LogP contribution in [0.2, 0.25) is 0 Å². The van der Waals surface area contributed by atoms with Crippen molar-refractivity contribution in [3.8, 4) is 0 Å². The number of aromatic amines is 1. The molecule has 2 N–H and O–H groups in total. The third-order valence-corrected chi connectivity index (χ3v) is 4.74. The molecule has 2 amide bonds. The maximum atomic E-state index is 12.5. The Hall–Kier alpha value is -3.41. The van der Waals surface area contributed by atoms with Crippen LogP contribution in [0.25, 0.3) is 17.0 Å². The number of amides is 2. The van der Waals surface area contributed by atoms with Gasteiger partial charge < -0.3 is 15.2 Å². The number of anilines is 1. The van der Waals surface area contributed by atoms with Crippen molar-refractivity contribution in [2.45, 2.75) is 19.4 Å². The quantitative estimate of drug-likeness (QED) is 0.702. The third-order valence-electron chi connectivity index (χ3n) is 4.74. The SMILES string of the molecule is CN(Cc1c[nH]c2ccccc12)C(=O)C=Cc1cnc2c(c1)CCC(=O)N2. The predicted molar refractivity (Wildman–Crippen MR) is 105 cm³/mol. The van der Waals surface area contributed by atoms with E-state index >= 15 is 0 Å². The Morgan fingerprint density at radius 2 is 2.15 bits per heavy atom. The molecule has 6 heteroatoms. The van der Waals surface area contributed by atoms with Crippen molar-refractivity contribution in [1.29, 1.82) is 0 Å². The summed E-state index contributed by atoms with van der Waals surface area (Å²) in [5.41, 5.74) is 3.99. The lowest BCUT2D eigenvalue weighted by molar-refractivity contribution is -0.125. The van der Waals surface area contributed by atoms with Crippen molar-refractivity contribution in [3.63, 3.8) is 0 Å². The number of hydrogen-bond donors (Lipinski definition) is 2. The van der Waals surface area contributed by atoms with E-state index in [1.165, 1.54) is 0 Å². The molecule has 0 unspecified atom stereocenters. The van der Waals surface area contributed by atoms with E-state index < -0.39 is 0 Å². The van der Waals surface area contributed by atoms with Gasteiger partial charge in [0.1, 0.15) is 5.82 Å². The average Bonchev–Trinajstić information content (AvgIpc) is 3.09. The standard InChI is InChI=1S/C21H20N4O2/c1-25(13-16-12-22-18-5-3-2-4-17(16)18)20(27)9-6-14-10-15-7-8-19(26)24-21(15)23-11-14/h2-6,9-12,22H,7-8,13H2,1H3,(H,23,24,26). The van der Waals surface area contributed by atoms with E-state index in [0.29, 0.717) is 25.2 Å². The van der Waals surface area contributed by atoms with Crippen LogP contribution in [-0.2, 0) is 22.6 Å². The summed E-state index contributed by atoms with van der Waals surface area (Å²) in [7, 11) is 1.79. The van der Waals surface area contributed by atoms with Gasteiger partial charge in [-0.05, 0) is 41.3 Å². The fraction of sp³-hybridized carbons (Fsp3) is 0.190. The second-order valence-corrected chi connectivity index (χ2v) is 6.71. The zero-order chi connectivity index (χ0) is 18.8. The molecule has 0 saturated heterocycles. The zero-order valence-corrected chi connectivity index (χ0v) is 15.0. The lowest BCUT2D eigenvalue weighted by Gasteiger charge is -2.16. The van der Waals surface area contributed by atoms with Crippen LogP contribution in [0.5, 0.6) is 0 Å². The van der Waals surface area contributed by atoms with Crippen molar-refractivity contribution < 1.29 is 9.59 Å². The van der Waals surface area contributed by atoms with Gasteiger partial charge in [-0.25, -0.2) is 4.98 Å². The number of nitrogens with one attached hydrogen (secondary N) is 2.